The Morgan fingerprint density at radius 3 is 2.41 bits per heavy atom. The molecule has 0 aliphatic rings. The second-order valence-corrected chi connectivity index (χ2v) is 6.18. The molecule has 3 aromatic carbocycles. The summed E-state index contributed by atoms with van der Waals surface area (Å²) in [5.41, 5.74) is 2.44. The van der Waals surface area contributed by atoms with Crippen LogP contribution in [0.4, 0.5) is 5.69 Å². The molecule has 0 saturated carbocycles. The van der Waals surface area contributed by atoms with Gasteiger partial charge in [-0.2, -0.15) is 0 Å². The Labute approximate surface area is 159 Å². The summed E-state index contributed by atoms with van der Waals surface area (Å²) in [5.74, 6) is 1.24. The molecular formula is C23H23NO3. The molecule has 1 N–H and O–H groups in total. The number of anilines is 1. The Kier molecular flexibility index (Phi) is 6.47. The lowest BCUT2D eigenvalue weighted by molar-refractivity contribution is 0.102. The molecule has 0 aliphatic carbocycles. The summed E-state index contributed by atoms with van der Waals surface area (Å²) in [6.07, 6.45) is 0.725. The second kappa shape index (κ2) is 9.43. The lowest BCUT2D eigenvalue weighted by atomic mass is 10.2. The molecule has 0 atom stereocenters. The van der Waals surface area contributed by atoms with Crippen molar-refractivity contribution < 1.29 is 14.3 Å². The Balaban J connectivity index is 1.51. The number of carbonyl (C=O) groups is 1. The Morgan fingerprint density at radius 2 is 1.59 bits per heavy atom. The number of hydrogen-bond donors (Lipinski definition) is 1. The molecule has 0 aliphatic heterocycles. The normalized spacial score (nSPS) is 10.3. The van der Waals surface area contributed by atoms with E-state index in [1.165, 1.54) is 5.56 Å². The van der Waals surface area contributed by atoms with Crippen molar-refractivity contribution in [2.75, 3.05) is 18.5 Å². The second-order valence-electron chi connectivity index (χ2n) is 6.18. The van der Waals surface area contributed by atoms with Gasteiger partial charge in [-0.15, -0.1) is 0 Å². The molecule has 0 saturated heterocycles. The number of amides is 1. The summed E-state index contributed by atoms with van der Waals surface area (Å²) in [6.45, 7) is 3.07. The molecule has 138 valence electrons. The first-order chi connectivity index (χ1) is 13.2. The number of rotatable bonds is 8. The van der Waals surface area contributed by atoms with Crippen LogP contribution in [0.1, 0.15) is 22.3 Å². The molecule has 4 nitrogen and oxygen atoms in total. The SMILES string of the molecule is Cc1cccc(OCCCOc2ccccc2C(=O)Nc2ccccc2)c1. The van der Waals surface area contributed by atoms with Gasteiger partial charge in [0.15, 0.2) is 0 Å². The molecule has 3 aromatic rings. The van der Waals surface area contributed by atoms with E-state index in [1.807, 2.05) is 73.7 Å². The highest BCUT2D eigenvalue weighted by Crippen LogP contribution is 2.20. The molecule has 0 bridgehead atoms. The van der Waals surface area contributed by atoms with E-state index in [1.54, 1.807) is 12.1 Å². The zero-order chi connectivity index (χ0) is 18.9. The minimum atomic E-state index is -0.187. The Bertz CT molecular complexity index is 878. The largest absolute Gasteiger partial charge is 0.493 e. The van der Waals surface area contributed by atoms with E-state index < -0.39 is 0 Å². The number of ether oxygens (including phenoxy) is 2. The molecule has 1 amide bonds. The van der Waals surface area contributed by atoms with Gasteiger partial charge >= 0.3 is 0 Å². The van der Waals surface area contributed by atoms with Crippen LogP contribution in [0.25, 0.3) is 0 Å². The van der Waals surface area contributed by atoms with Gasteiger partial charge in [0.25, 0.3) is 5.91 Å². The van der Waals surface area contributed by atoms with E-state index in [-0.39, 0.29) is 5.91 Å². The van der Waals surface area contributed by atoms with Crippen molar-refractivity contribution in [3.8, 4) is 11.5 Å². The minimum Gasteiger partial charge on any atom is -0.493 e. The van der Waals surface area contributed by atoms with Crippen molar-refractivity contribution >= 4 is 11.6 Å². The van der Waals surface area contributed by atoms with Crippen molar-refractivity contribution in [1.29, 1.82) is 0 Å². The summed E-state index contributed by atoms with van der Waals surface area (Å²) in [4.78, 5) is 12.5. The molecule has 0 unspecified atom stereocenters. The van der Waals surface area contributed by atoms with Crippen molar-refractivity contribution in [3.63, 3.8) is 0 Å². The van der Waals surface area contributed by atoms with E-state index >= 15 is 0 Å². The van der Waals surface area contributed by atoms with Crippen LogP contribution < -0.4 is 14.8 Å². The van der Waals surface area contributed by atoms with E-state index in [9.17, 15) is 4.79 Å². The van der Waals surface area contributed by atoms with Crippen molar-refractivity contribution in [2.45, 2.75) is 13.3 Å². The minimum absolute atomic E-state index is 0.187. The first-order valence-electron chi connectivity index (χ1n) is 9.00. The summed E-state index contributed by atoms with van der Waals surface area (Å²) >= 11 is 0. The first-order valence-corrected chi connectivity index (χ1v) is 9.00. The van der Waals surface area contributed by atoms with Gasteiger partial charge < -0.3 is 14.8 Å². The molecule has 27 heavy (non-hydrogen) atoms. The van der Waals surface area contributed by atoms with Crippen LogP contribution in [0, 0.1) is 6.92 Å². The van der Waals surface area contributed by atoms with Crippen molar-refractivity contribution in [2.24, 2.45) is 0 Å². The Hall–Kier alpha value is -3.27. The maximum Gasteiger partial charge on any atom is 0.259 e. The zero-order valence-corrected chi connectivity index (χ0v) is 15.4. The number of carbonyl (C=O) groups excluding carboxylic acids is 1. The van der Waals surface area contributed by atoms with Crippen LogP contribution >= 0.6 is 0 Å². The topological polar surface area (TPSA) is 47.6 Å². The molecule has 0 radical (unpaired) electrons. The number of nitrogens with one attached hydrogen (secondary N) is 1. The third-order valence-corrected chi connectivity index (χ3v) is 3.97. The number of aryl methyl sites for hydroxylation is 1. The Morgan fingerprint density at radius 1 is 0.852 bits per heavy atom. The third kappa shape index (κ3) is 5.61. The van der Waals surface area contributed by atoms with Crippen LogP contribution in [-0.2, 0) is 0 Å². The summed E-state index contributed by atoms with van der Waals surface area (Å²) in [5, 5.41) is 2.88. The summed E-state index contributed by atoms with van der Waals surface area (Å²) in [6, 6.07) is 24.6. The monoisotopic (exact) mass is 361 g/mol. The van der Waals surface area contributed by atoms with Crippen molar-refractivity contribution in [1.82, 2.24) is 0 Å². The van der Waals surface area contributed by atoms with Crippen LogP contribution in [0.2, 0.25) is 0 Å². The molecule has 4 heteroatoms. The van der Waals surface area contributed by atoms with Gasteiger partial charge in [-0.3, -0.25) is 4.79 Å². The van der Waals surface area contributed by atoms with Gasteiger partial charge in [-0.25, -0.2) is 0 Å². The van der Waals surface area contributed by atoms with Gasteiger partial charge in [0, 0.05) is 12.1 Å². The quantitative estimate of drug-likeness (QED) is 0.568. The molecule has 0 fully saturated rings. The molecular weight excluding hydrogens is 338 g/mol. The number of hydrogen-bond acceptors (Lipinski definition) is 3. The predicted octanol–water partition coefficient (Wildman–Crippen LogP) is 5.10. The van der Waals surface area contributed by atoms with E-state index in [4.69, 9.17) is 9.47 Å². The lowest BCUT2D eigenvalue weighted by Gasteiger charge is -2.12. The fourth-order valence-electron chi connectivity index (χ4n) is 2.64. The van der Waals surface area contributed by atoms with Crippen LogP contribution in [0.3, 0.4) is 0 Å². The van der Waals surface area contributed by atoms with E-state index in [2.05, 4.69) is 5.32 Å². The van der Waals surface area contributed by atoms with Gasteiger partial charge in [0.05, 0.1) is 18.8 Å². The average Bonchev–Trinajstić information content (AvgIpc) is 2.69. The molecule has 3 rings (SSSR count). The summed E-state index contributed by atoms with van der Waals surface area (Å²) < 4.78 is 11.5. The number of benzene rings is 3. The first kappa shape index (κ1) is 18.5. The number of para-hydroxylation sites is 2. The van der Waals surface area contributed by atoms with Gasteiger partial charge in [0.2, 0.25) is 0 Å². The standard InChI is InChI=1S/C23H23NO3/c1-18-9-7-12-20(17-18)26-15-8-16-27-22-14-6-5-13-21(22)23(25)24-19-10-3-2-4-11-19/h2-7,9-14,17H,8,15-16H2,1H3,(H,24,25). The molecule has 0 aromatic heterocycles. The maximum absolute atomic E-state index is 12.5. The molecule has 0 spiro atoms. The highest BCUT2D eigenvalue weighted by molar-refractivity contribution is 6.06. The molecule has 0 heterocycles. The third-order valence-electron chi connectivity index (χ3n) is 3.97. The highest BCUT2D eigenvalue weighted by Gasteiger charge is 2.12. The zero-order valence-electron chi connectivity index (χ0n) is 15.4. The van der Waals surface area contributed by atoms with E-state index in [0.717, 1.165) is 17.9 Å². The van der Waals surface area contributed by atoms with Crippen LogP contribution in [0.5, 0.6) is 11.5 Å². The maximum atomic E-state index is 12.5. The van der Waals surface area contributed by atoms with Crippen molar-refractivity contribution in [3.05, 3.63) is 90.0 Å². The van der Waals surface area contributed by atoms with Gasteiger partial charge in [-0.1, -0.05) is 42.5 Å². The fraction of sp³-hybridized carbons (Fsp3) is 0.174. The average molecular weight is 361 g/mol. The van der Waals surface area contributed by atoms with Gasteiger partial charge in [0.1, 0.15) is 11.5 Å². The fourth-order valence-corrected chi connectivity index (χ4v) is 2.64. The van der Waals surface area contributed by atoms with Gasteiger partial charge in [-0.05, 0) is 48.9 Å². The highest BCUT2D eigenvalue weighted by atomic mass is 16.5. The lowest BCUT2D eigenvalue weighted by Crippen LogP contribution is -2.14. The predicted molar refractivity (Wildman–Crippen MR) is 108 cm³/mol. The van der Waals surface area contributed by atoms with Crippen LogP contribution in [-0.4, -0.2) is 19.1 Å². The summed E-state index contributed by atoms with van der Waals surface area (Å²) in [7, 11) is 0. The van der Waals surface area contributed by atoms with E-state index in [0.29, 0.717) is 24.5 Å². The smallest absolute Gasteiger partial charge is 0.259 e. The van der Waals surface area contributed by atoms with Crippen LogP contribution in [0.15, 0.2) is 78.9 Å².